The summed E-state index contributed by atoms with van der Waals surface area (Å²) in [5.41, 5.74) is 7.42. The molecule has 5 nitrogen and oxygen atoms in total. The molecule has 0 radical (unpaired) electrons. The van der Waals surface area contributed by atoms with E-state index in [0.717, 1.165) is 18.4 Å². The minimum absolute atomic E-state index is 0.157. The maximum Gasteiger partial charge on any atom is 0.269 e. The predicted octanol–water partition coefficient (Wildman–Crippen LogP) is 2.61. The van der Waals surface area contributed by atoms with Gasteiger partial charge in [-0.15, -0.1) is 0 Å². The molecule has 2 aliphatic rings. The first-order chi connectivity index (χ1) is 9.56. The van der Waals surface area contributed by atoms with E-state index in [-0.39, 0.29) is 10.6 Å². The van der Waals surface area contributed by atoms with E-state index in [4.69, 9.17) is 5.73 Å². The summed E-state index contributed by atoms with van der Waals surface area (Å²) in [5, 5.41) is 10.7. The minimum Gasteiger partial charge on any atom is -0.328 e. The minimum atomic E-state index is -0.349. The highest BCUT2D eigenvalue weighted by atomic mass is 16.6. The average molecular weight is 275 g/mol. The Morgan fingerprint density at radius 1 is 1.25 bits per heavy atom. The highest BCUT2D eigenvalue weighted by Gasteiger charge is 2.41. The van der Waals surface area contributed by atoms with Gasteiger partial charge in [-0.05, 0) is 38.2 Å². The summed E-state index contributed by atoms with van der Waals surface area (Å²) >= 11 is 0. The number of rotatable bonds is 3. The lowest BCUT2D eigenvalue weighted by molar-refractivity contribution is -0.384. The summed E-state index contributed by atoms with van der Waals surface area (Å²) in [6, 6.07) is 8.77. The molecule has 2 saturated heterocycles. The van der Waals surface area contributed by atoms with E-state index in [1.165, 1.54) is 12.8 Å². The summed E-state index contributed by atoms with van der Waals surface area (Å²) in [5.74, 6) is 0. The van der Waals surface area contributed by atoms with Gasteiger partial charge in [0.25, 0.3) is 5.69 Å². The van der Waals surface area contributed by atoms with E-state index in [1.54, 1.807) is 12.1 Å². The van der Waals surface area contributed by atoms with E-state index in [2.05, 4.69) is 11.8 Å². The Kier molecular flexibility index (Phi) is 3.48. The Hall–Kier alpha value is -1.46. The standard InChI is InChI=1S/C15H21N3O2/c1-10(11-2-4-13(5-3-11)18(19)20)17-14-6-7-15(17)9-12(16)8-14/h2-5,10,12,14-15H,6-9,16H2,1H3. The molecule has 20 heavy (non-hydrogen) atoms. The zero-order valence-corrected chi connectivity index (χ0v) is 11.7. The molecule has 0 saturated carbocycles. The van der Waals surface area contributed by atoms with E-state index in [0.29, 0.717) is 24.2 Å². The molecule has 5 heteroatoms. The predicted molar refractivity (Wildman–Crippen MR) is 77.4 cm³/mol. The van der Waals surface area contributed by atoms with Gasteiger partial charge >= 0.3 is 0 Å². The zero-order chi connectivity index (χ0) is 14.3. The van der Waals surface area contributed by atoms with Gasteiger partial charge in [0.2, 0.25) is 0 Å². The molecule has 2 aliphatic heterocycles. The lowest BCUT2D eigenvalue weighted by atomic mass is 9.94. The number of nitrogens with zero attached hydrogens (tertiary/aromatic N) is 2. The lowest BCUT2D eigenvalue weighted by Crippen LogP contribution is -2.48. The summed E-state index contributed by atoms with van der Waals surface area (Å²) < 4.78 is 0. The third-order valence-corrected chi connectivity index (χ3v) is 4.86. The van der Waals surface area contributed by atoms with Crippen LogP contribution in [0.2, 0.25) is 0 Å². The van der Waals surface area contributed by atoms with Crippen LogP contribution < -0.4 is 5.73 Å². The molecule has 0 aromatic heterocycles. The van der Waals surface area contributed by atoms with E-state index in [9.17, 15) is 10.1 Å². The molecule has 3 atom stereocenters. The summed E-state index contributed by atoms with van der Waals surface area (Å²) in [6.07, 6.45) is 4.62. The highest BCUT2D eigenvalue weighted by Crippen LogP contribution is 2.41. The molecule has 1 aromatic carbocycles. The van der Waals surface area contributed by atoms with Crippen LogP contribution >= 0.6 is 0 Å². The first kappa shape index (κ1) is 13.5. The molecule has 2 N–H and O–H groups in total. The van der Waals surface area contributed by atoms with E-state index in [1.807, 2.05) is 12.1 Å². The van der Waals surface area contributed by atoms with Crippen molar-refractivity contribution in [3.63, 3.8) is 0 Å². The number of nitrogens with two attached hydrogens (primary N) is 1. The first-order valence-electron chi connectivity index (χ1n) is 7.33. The number of benzene rings is 1. The average Bonchev–Trinajstić information content (AvgIpc) is 2.70. The van der Waals surface area contributed by atoms with Crippen LogP contribution in [0.4, 0.5) is 5.69 Å². The van der Waals surface area contributed by atoms with Crippen LogP contribution in [0, 0.1) is 10.1 Å². The number of nitro benzene ring substituents is 1. The highest BCUT2D eigenvalue weighted by molar-refractivity contribution is 5.34. The molecule has 3 rings (SSSR count). The van der Waals surface area contributed by atoms with Crippen molar-refractivity contribution in [2.24, 2.45) is 5.73 Å². The van der Waals surface area contributed by atoms with Crippen molar-refractivity contribution in [2.45, 2.75) is 56.8 Å². The zero-order valence-electron chi connectivity index (χ0n) is 11.7. The SMILES string of the molecule is CC(c1ccc([N+](=O)[O-])cc1)N1C2CCC1CC(N)C2. The van der Waals surface area contributed by atoms with Crippen molar-refractivity contribution < 1.29 is 4.92 Å². The fraction of sp³-hybridized carbons (Fsp3) is 0.600. The molecule has 0 aliphatic carbocycles. The van der Waals surface area contributed by atoms with Gasteiger partial charge in [-0.3, -0.25) is 15.0 Å². The first-order valence-corrected chi connectivity index (χ1v) is 7.33. The summed E-state index contributed by atoms with van der Waals surface area (Å²) in [6.45, 7) is 2.20. The number of hydrogen-bond donors (Lipinski definition) is 1. The molecule has 108 valence electrons. The van der Waals surface area contributed by atoms with Crippen LogP contribution in [0.25, 0.3) is 0 Å². The Bertz CT molecular complexity index is 488. The van der Waals surface area contributed by atoms with Crippen LogP contribution in [0.3, 0.4) is 0 Å². The van der Waals surface area contributed by atoms with Gasteiger partial charge in [-0.25, -0.2) is 0 Å². The molecule has 1 aromatic rings. The van der Waals surface area contributed by atoms with Crippen LogP contribution in [0.1, 0.15) is 44.2 Å². The third kappa shape index (κ3) is 2.31. The van der Waals surface area contributed by atoms with Gasteiger partial charge in [0.15, 0.2) is 0 Å². The summed E-state index contributed by atoms with van der Waals surface area (Å²) in [4.78, 5) is 12.9. The topological polar surface area (TPSA) is 72.4 Å². The lowest BCUT2D eigenvalue weighted by Gasteiger charge is -2.41. The fourth-order valence-electron chi connectivity index (χ4n) is 3.93. The van der Waals surface area contributed by atoms with Crippen molar-refractivity contribution in [3.05, 3.63) is 39.9 Å². The molecule has 2 fully saturated rings. The van der Waals surface area contributed by atoms with Gasteiger partial charge in [-0.2, -0.15) is 0 Å². The maximum absolute atomic E-state index is 10.7. The molecule has 2 bridgehead atoms. The number of hydrogen-bond acceptors (Lipinski definition) is 4. The second-order valence-corrected chi connectivity index (χ2v) is 6.09. The quantitative estimate of drug-likeness (QED) is 0.680. The molecule has 3 unspecified atom stereocenters. The van der Waals surface area contributed by atoms with Crippen molar-refractivity contribution in [2.75, 3.05) is 0 Å². The molecular weight excluding hydrogens is 254 g/mol. The van der Waals surface area contributed by atoms with E-state index < -0.39 is 0 Å². The molecule has 0 spiro atoms. The van der Waals surface area contributed by atoms with Crippen molar-refractivity contribution in [3.8, 4) is 0 Å². The number of fused-ring (bicyclic) bond motifs is 2. The maximum atomic E-state index is 10.7. The van der Waals surface area contributed by atoms with Crippen molar-refractivity contribution in [1.82, 2.24) is 4.90 Å². The monoisotopic (exact) mass is 275 g/mol. The van der Waals surface area contributed by atoms with Gasteiger partial charge in [0, 0.05) is 36.3 Å². The number of piperidine rings is 1. The fourth-order valence-corrected chi connectivity index (χ4v) is 3.93. The van der Waals surface area contributed by atoms with Crippen molar-refractivity contribution in [1.29, 1.82) is 0 Å². The molecule has 2 heterocycles. The largest absolute Gasteiger partial charge is 0.328 e. The van der Waals surface area contributed by atoms with Gasteiger partial charge in [-0.1, -0.05) is 12.1 Å². The van der Waals surface area contributed by atoms with Crippen LogP contribution in [0.15, 0.2) is 24.3 Å². The normalized spacial score (nSPS) is 31.2. The number of non-ortho nitro benzene ring substituents is 1. The Labute approximate surface area is 118 Å². The smallest absolute Gasteiger partial charge is 0.269 e. The van der Waals surface area contributed by atoms with E-state index >= 15 is 0 Å². The second kappa shape index (κ2) is 5.14. The third-order valence-electron chi connectivity index (χ3n) is 4.86. The Morgan fingerprint density at radius 3 is 2.30 bits per heavy atom. The Morgan fingerprint density at radius 2 is 1.80 bits per heavy atom. The summed E-state index contributed by atoms with van der Waals surface area (Å²) in [7, 11) is 0. The Balaban J connectivity index is 1.79. The molecule has 0 amide bonds. The number of nitro groups is 1. The second-order valence-electron chi connectivity index (χ2n) is 6.09. The van der Waals surface area contributed by atoms with Crippen LogP contribution in [-0.4, -0.2) is 27.9 Å². The van der Waals surface area contributed by atoms with Gasteiger partial charge in [0.1, 0.15) is 0 Å². The van der Waals surface area contributed by atoms with Crippen LogP contribution in [-0.2, 0) is 0 Å². The van der Waals surface area contributed by atoms with Gasteiger partial charge in [0.05, 0.1) is 4.92 Å². The van der Waals surface area contributed by atoms with Crippen LogP contribution in [0.5, 0.6) is 0 Å². The van der Waals surface area contributed by atoms with Crippen molar-refractivity contribution >= 4 is 5.69 Å². The molecular formula is C15H21N3O2. The van der Waals surface area contributed by atoms with Gasteiger partial charge < -0.3 is 5.73 Å².